The molecule has 0 aliphatic carbocycles. The summed E-state index contributed by atoms with van der Waals surface area (Å²) in [6.07, 6.45) is 3.48. The average Bonchev–Trinajstić information content (AvgIpc) is 3.18. The quantitative estimate of drug-likeness (QED) is 0.511. The molecule has 8 heteroatoms. The zero-order valence-electron chi connectivity index (χ0n) is 15.3. The highest BCUT2D eigenvalue weighted by atomic mass is 35.5. The molecule has 0 atom stereocenters. The number of benzene rings is 1. The van der Waals surface area contributed by atoms with Crippen molar-refractivity contribution in [1.29, 1.82) is 0 Å². The van der Waals surface area contributed by atoms with Gasteiger partial charge in [-0.3, -0.25) is 15.1 Å². The number of halogens is 2. The van der Waals surface area contributed by atoms with Gasteiger partial charge in [0.05, 0.1) is 46.5 Å². The summed E-state index contributed by atoms with van der Waals surface area (Å²) in [5.41, 5.74) is 4.79. The van der Waals surface area contributed by atoms with Crippen molar-refractivity contribution in [1.82, 2.24) is 20.2 Å². The van der Waals surface area contributed by atoms with Crippen LogP contribution in [-0.2, 0) is 0 Å². The Morgan fingerprint density at radius 3 is 2.79 bits per heavy atom. The zero-order valence-corrected chi connectivity index (χ0v) is 16.1. The van der Waals surface area contributed by atoms with E-state index < -0.39 is 0 Å². The van der Waals surface area contributed by atoms with Gasteiger partial charge in [0, 0.05) is 29.2 Å². The second-order valence-electron chi connectivity index (χ2n) is 6.95. The third kappa shape index (κ3) is 3.13. The van der Waals surface area contributed by atoms with Gasteiger partial charge in [-0.25, -0.2) is 9.37 Å². The van der Waals surface area contributed by atoms with Crippen LogP contribution >= 0.6 is 11.6 Å². The molecular formula is C21H16ClFN6. The van der Waals surface area contributed by atoms with Gasteiger partial charge in [-0.1, -0.05) is 11.6 Å². The number of H-pyrrole nitrogens is 1. The SMILES string of the molecule is C=NC1CN(c2cnc3ccc(-c4cn[nH]c4-c4cc(Cl)ccc4F)nc3c2)C1. The Morgan fingerprint density at radius 2 is 1.97 bits per heavy atom. The van der Waals surface area contributed by atoms with Gasteiger partial charge >= 0.3 is 0 Å². The highest BCUT2D eigenvalue weighted by Gasteiger charge is 2.26. The van der Waals surface area contributed by atoms with Crippen molar-refractivity contribution < 1.29 is 4.39 Å². The molecule has 0 amide bonds. The molecule has 3 aromatic heterocycles. The Hall–Kier alpha value is -3.32. The van der Waals surface area contributed by atoms with Crippen molar-refractivity contribution in [3.8, 4) is 22.5 Å². The molecule has 1 aliphatic heterocycles. The van der Waals surface area contributed by atoms with Crippen LogP contribution in [0.25, 0.3) is 33.5 Å². The van der Waals surface area contributed by atoms with E-state index in [0.717, 1.165) is 29.8 Å². The fraction of sp³-hybridized carbons (Fsp3) is 0.143. The summed E-state index contributed by atoms with van der Waals surface area (Å²) < 4.78 is 14.4. The summed E-state index contributed by atoms with van der Waals surface area (Å²) in [4.78, 5) is 15.5. The van der Waals surface area contributed by atoms with Crippen LogP contribution in [0, 0.1) is 5.82 Å². The lowest BCUT2D eigenvalue weighted by atomic mass is 10.0. The molecule has 1 saturated heterocycles. The van der Waals surface area contributed by atoms with E-state index in [2.05, 4.69) is 31.8 Å². The van der Waals surface area contributed by atoms with E-state index in [1.165, 1.54) is 12.1 Å². The van der Waals surface area contributed by atoms with E-state index >= 15 is 0 Å². The molecule has 1 aliphatic rings. The summed E-state index contributed by atoms with van der Waals surface area (Å²) >= 11 is 6.06. The first-order chi connectivity index (χ1) is 14.1. The van der Waals surface area contributed by atoms with Crippen LogP contribution in [0.5, 0.6) is 0 Å². The van der Waals surface area contributed by atoms with Crippen molar-refractivity contribution in [3.05, 3.63) is 59.6 Å². The number of aromatic amines is 1. The molecule has 0 bridgehead atoms. The largest absolute Gasteiger partial charge is 0.366 e. The van der Waals surface area contributed by atoms with Gasteiger partial charge in [0.25, 0.3) is 0 Å². The molecule has 6 nitrogen and oxygen atoms in total. The fourth-order valence-corrected chi connectivity index (χ4v) is 3.65. The van der Waals surface area contributed by atoms with Crippen LogP contribution < -0.4 is 4.90 Å². The van der Waals surface area contributed by atoms with E-state index in [1.807, 2.05) is 24.4 Å². The van der Waals surface area contributed by atoms with E-state index in [0.29, 0.717) is 27.5 Å². The van der Waals surface area contributed by atoms with Crippen LogP contribution in [0.3, 0.4) is 0 Å². The Balaban J connectivity index is 1.55. The third-order valence-corrected chi connectivity index (χ3v) is 5.36. The number of anilines is 1. The molecule has 4 aromatic rings. The Kier molecular flexibility index (Phi) is 4.24. The molecule has 4 heterocycles. The molecule has 5 rings (SSSR count). The lowest BCUT2D eigenvalue weighted by Crippen LogP contribution is -2.49. The number of nitrogens with one attached hydrogen (secondary N) is 1. The lowest BCUT2D eigenvalue weighted by molar-refractivity contribution is 0.524. The lowest BCUT2D eigenvalue weighted by Gasteiger charge is -2.38. The van der Waals surface area contributed by atoms with Crippen molar-refractivity contribution in [2.45, 2.75) is 6.04 Å². The van der Waals surface area contributed by atoms with Crippen molar-refractivity contribution >= 4 is 35.0 Å². The van der Waals surface area contributed by atoms with E-state index in [4.69, 9.17) is 16.6 Å². The normalized spacial score (nSPS) is 14.2. The molecule has 0 saturated carbocycles. The first-order valence-electron chi connectivity index (χ1n) is 9.09. The molecule has 1 aromatic carbocycles. The number of hydrogen-bond donors (Lipinski definition) is 1. The van der Waals surface area contributed by atoms with Crippen molar-refractivity contribution in [2.24, 2.45) is 4.99 Å². The molecule has 0 spiro atoms. The molecular weight excluding hydrogens is 391 g/mol. The van der Waals surface area contributed by atoms with E-state index in [-0.39, 0.29) is 11.9 Å². The van der Waals surface area contributed by atoms with Gasteiger partial charge < -0.3 is 4.90 Å². The van der Waals surface area contributed by atoms with Gasteiger partial charge in [-0.05, 0) is 43.1 Å². The smallest absolute Gasteiger partial charge is 0.132 e. The van der Waals surface area contributed by atoms with Gasteiger partial charge in [-0.15, -0.1) is 0 Å². The Morgan fingerprint density at radius 1 is 1.10 bits per heavy atom. The summed E-state index contributed by atoms with van der Waals surface area (Å²) in [6, 6.07) is 10.5. The van der Waals surface area contributed by atoms with Crippen LogP contribution in [-0.4, -0.2) is 46.0 Å². The second-order valence-corrected chi connectivity index (χ2v) is 7.39. The summed E-state index contributed by atoms with van der Waals surface area (Å²) in [7, 11) is 0. The van der Waals surface area contributed by atoms with Crippen LogP contribution in [0.4, 0.5) is 10.1 Å². The van der Waals surface area contributed by atoms with Gasteiger partial charge in [-0.2, -0.15) is 5.10 Å². The number of aromatic nitrogens is 4. The molecule has 1 N–H and O–H groups in total. The molecule has 144 valence electrons. The third-order valence-electron chi connectivity index (χ3n) is 5.12. The monoisotopic (exact) mass is 406 g/mol. The minimum atomic E-state index is -0.382. The maximum absolute atomic E-state index is 14.4. The Labute approximate surface area is 171 Å². The van der Waals surface area contributed by atoms with Gasteiger partial charge in [0.1, 0.15) is 5.82 Å². The number of aliphatic imine (C=N–C) groups is 1. The van der Waals surface area contributed by atoms with Crippen LogP contribution in [0.1, 0.15) is 0 Å². The molecule has 0 radical (unpaired) electrons. The highest BCUT2D eigenvalue weighted by Crippen LogP contribution is 2.33. The summed E-state index contributed by atoms with van der Waals surface area (Å²) in [5.74, 6) is -0.382. The van der Waals surface area contributed by atoms with Crippen LogP contribution in [0.15, 0.2) is 53.8 Å². The highest BCUT2D eigenvalue weighted by molar-refractivity contribution is 6.30. The minimum absolute atomic E-state index is 0.270. The van der Waals surface area contributed by atoms with E-state index in [1.54, 1.807) is 12.3 Å². The number of hydrogen-bond acceptors (Lipinski definition) is 5. The number of rotatable bonds is 4. The standard InChI is InChI=1S/C21H16ClFN6/c1-24-13-10-29(11-13)14-7-20-19(25-8-14)5-4-18(27-20)16-9-26-28-21(16)15-6-12(22)2-3-17(15)23/h2-9,13H,1,10-11H2,(H,26,28). The molecule has 29 heavy (non-hydrogen) atoms. The van der Waals surface area contributed by atoms with Gasteiger partial charge in [0.2, 0.25) is 0 Å². The average molecular weight is 407 g/mol. The maximum Gasteiger partial charge on any atom is 0.132 e. The topological polar surface area (TPSA) is 70.1 Å². The predicted molar refractivity (Wildman–Crippen MR) is 113 cm³/mol. The summed E-state index contributed by atoms with van der Waals surface area (Å²) in [6.45, 7) is 5.26. The number of fused-ring (bicyclic) bond motifs is 1. The van der Waals surface area contributed by atoms with Crippen LogP contribution in [0.2, 0.25) is 5.02 Å². The summed E-state index contributed by atoms with van der Waals surface area (Å²) in [5, 5.41) is 7.41. The Bertz CT molecular complexity index is 1230. The predicted octanol–water partition coefficient (Wildman–Crippen LogP) is 4.37. The van der Waals surface area contributed by atoms with Gasteiger partial charge in [0.15, 0.2) is 0 Å². The first kappa shape index (κ1) is 17.8. The van der Waals surface area contributed by atoms with E-state index in [9.17, 15) is 4.39 Å². The fourth-order valence-electron chi connectivity index (χ4n) is 3.48. The number of pyridine rings is 2. The van der Waals surface area contributed by atoms with Crippen molar-refractivity contribution in [3.63, 3.8) is 0 Å². The van der Waals surface area contributed by atoms with Crippen molar-refractivity contribution in [2.75, 3.05) is 18.0 Å². The number of nitrogens with zero attached hydrogens (tertiary/aromatic N) is 5. The zero-order chi connectivity index (χ0) is 20.0. The molecule has 0 unspecified atom stereocenters. The minimum Gasteiger partial charge on any atom is -0.366 e. The molecule has 1 fully saturated rings. The maximum atomic E-state index is 14.4. The second kappa shape index (κ2) is 6.93. The first-order valence-corrected chi connectivity index (χ1v) is 9.47.